The minimum Gasteiger partial charge on any atom is -0.350 e. The molecule has 1 aliphatic rings. The molecule has 4 nitrogen and oxygen atoms in total. The van der Waals surface area contributed by atoms with E-state index in [-0.39, 0.29) is 17.4 Å². The van der Waals surface area contributed by atoms with E-state index in [2.05, 4.69) is 12.2 Å². The topological polar surface area (TPSA) is 63.2 Å². The smallest absolute Gasteiger partial charge is 0.220 e. The summed E-state index contributed by atoms with van der Waals surface area (Å²) >= 11 is 0. The Kier molecular flexibility index (Phi) is 4.35. The van der Waals surface area contributed by atoms with Crippen molar-refractivity contribution < 1.29 is 13.2 Å². The fraction of sp³-hybridized carbons (Fsp3) is 0.909. The number of carbonyl (C=O) groups excluding carboxylic acids is 1. The lowest BCUT2D eigenvalue weighted by Gasteiger charge is -2.23. The number of hydrogen-bond acceptors (Lipinski definition) is 3. The molecule has 1 aliphatic heterocycles. The summed E-state index contributed by atoms with van der Waals surface area (Å²) < 4.78 is 22.7. The van der Waals surface area contributed by atoms with Crippen molar-refractivity contribution in [3.05, 3.63) is 0 Å². The molecule has 1 N–H and O–H groups in total. The first-order valence-electron chi connectivity index (χ1n) is 5.88. The molecule has 16 heavy (non-hydrogen) atoms. The zero-order valence-electron chi connectivity index (χ0n) is 10.1. The molecular formula is C11H21NO3S. The molecule has 1 saturated heterocycles. The number of carbonyl (C=O) groups is 1. The van der Waals surface area contributed by atoms with Gasteiger partial charge in [-0.3, -0.25) is 4.79 Å². The molecule has 0 radical (unpaired) electrons. The maximum absolute atomic E-state index is 11.6. The summed E-state index contributed by atoms with van der Waals surface area (Å²) in [6, 6.07) is 0. The molecule has 0 unspecified atom stereocenters. The fourth-order valence-corrected chi connectivity index (χ4v) is 4.14. The summed E-state index contributed by atoms with van der Waals surface area (Å²) in [5.41, 5.74) is -0.540. The van der Waals surface area contributed by atoms with E-state index in [9.17, 15) is 13.2 Å². The SMILES string of the molecule is CCCCCC(=O)N[C@@]1(C)CCS(=O)(=O)C1. The van der Waals surface area contributed by atoms with Gasteiger partial charge in [-0.2, -0.15) is 0 Å². The van der Waals surface area contributed by atoms with E-state index in [1.807, 2.05) is 6.92 Å². The summed E-state index contributed by atoms with van der Waals surface area (Å²) in [7, 11) is -2.94. The van der Waals surface area contributed by atoms with Crippen molar-refractivity contribution in [2.24, 2.45) is 0 Å². The lowest BCUT2D eigenvalue weighted by molar-refractivity contribution is -0.122. The molecular weight excluding hydrogens is 226 g/mol. The molecule has 0 aliphatic carbocycles. The van der Waals surface area contributed by atoms with Crippen LogP contribution in [-0.2, 0) is 14.6 Å². The number of sulfone groups is 1. The quantitative estimate of drug-likeness (QED) is 0.744. The van der Waals surface area contributed by atoms with E-state index < -0.39 is 15.4 Å². The minimum atomic E-state index is -2.94. The first-order valence-corrected chi connectivity index (χ1v) is 7.70. The van der Waals surface area contributed by atoms with Gasteiger partial charge in [0.05, 0.1) is 17.0 Å². The zero-order valence-corrected chi connectivity index (χ0v) is 10.9. The Balaban J connectivity index is 2.39. The maximum atomic E-state index is 11.6. The highest BCUT2D eigenvalue weighted by Crippen LogP contribution is 2.22. The Hall–Kier alpha value is -0.580. The molecule has 1 fully saturated rings. The van der Waals surface area contributed by atoms with Crippen molar-refractivity contribution in [2.45, 2.75) is 51.5 Å². The van der Waals surface area contributed by atoms with Gasteiger partial charge in [0.1, 0.15) is 0 Å². The molecule has 0 bridgehead atoms. The molecule has 0 aromatic heterocycles. The second kappa shape index (κ2) is 5.17. The average Bonchev–Trinajstić information content (AvgIpc) is 2.40. The van der Waals surface area contributed by atoms with Gasteiger partial charge in [-0.15, -0.1) is 0 Å². The minimum absolute atomic E-state index is 0.0203. The Morgan fingerprint density at radius 1 is 1.38 bits per heavy atom. The number of nitrogens with one attached hydrogen (secondary N) is 1. The summed E-state index contributed by atoms with van der Waals surface area (Å²) in [6.07, 6.45) is 4.05. The third-order valence-electron chi connectivity index (χ3n) is 2.95. The van der Waals surface area contributed by atoms with Gasteiger partial charge >= 0.3 is 0 Å². The molecule has 0 aromatic rings. The van der Waals surface area contributed by atoms with Gasteiger partial charge in [0.2, 0.25) is 5.91 Å². The van der Waals surface area contributed by atoms with Crippen molar-refractivity contribution in [3.63, 3.8) is 0 Å². The number of amides is 1. The van der Waals surface area contributed by atoms with Crippen molar-refractivity contribution in [3.8, 4) is 0 Å². The van der Waals surface area contributed by atoms with Gasteiger partial charge in [0, 0.05) is 6.42 Å². The van der Waals surface area contributed by atoms with Crippen molar-refractivity contribution >= 4 is 15.7 Å². The highest BCUT2D eigenvalue weighted by molar-refractivity contribution is 7.91. The van der Waals surface area contributed by atoms with E-state index in [1.165, 1.54) is 0 Å². The molecule has 1 amide bonds. The predicted molar refractivity (Wildman–Crippen MR) is 64.0 cm³/mol. The molecule has 0 spiro atoms. The predicted octanol–water partition coefficient (Wildman–Crippen LogP) is 1.26. The highest BCUT2D eigenvalue weighted by Gasteiger charge is 2.39. The second-order valence-corrected chi connectivity index (χ2v) is 7.09. The Bertz CT molecular complexity index is 350. The zero-order chi connectivity index (χ0) is 12.2. The standard InChI is InChI=1S/C11H21NO3S/c1-3-4-5-6-10(13)12-11(2)7-8-16(14,15)9-11/h3-9H2,1-2H3,(H,12,13)/t11-/m0/s1. The third kappa shape index (κ3) is 4.12. The number of rotatable bonds is 5. The van der Waals surface area contributed by atoms with Gasteiger partial charge in [-0.05, 0) is 19.8 Å². The molecule has 1 atom stereocenters. The lowest BCUT2D eigenvalue weighted by atomic mass is 10.0. The van der Waals surface area contributed by atoms with E-state index in [0.29, 0.717) is 12.8 Å². The number of hydrogen-bond donors (Lipinski definition) is 1. The Labute approximate surface area is 97.7 Å². The van der Waals surface area contributed by atoms with Crippen LogP contribution in [-0.4, -0.2) is 31.4 Å². The van der Waals surface area contributed by atoms with E-state index in [0.717, 1.165) is 19.3 Å². The molecule has 1 rings (SSSR count). The number of unbranched alkanes of at least 4 members (excludes halogenated alkanes) is 2. The van der Waals surface area contributed by atoms with E-state index in [1.54, 1.807) is 0 Å². The van der Waals surface area contributed by atoms with Crippen LogP contribution in [0.3, 0.4) is 0 Å². The molecule has 0 aromatic carbocycles. The van der Waals surface area contributed by atoms with Crippen LogP contribution in [0.1, 0.15) is 46.0 Å². The second-order valence-electron chi connectivity index (χ2n) is 4.91. The van der Waals surface area contributed by atoms with Gasteiger partial charge in [-0.1, -0.05) is 19.8 Å². The summed E-state index contributed by atoms with van der Waals surface area (Å²) in [5, 5.41) is 2.85. The van der Waals surface area contributed by atoms with Crippen LogP contribution in [0.4, 0.5) is 0 Å². The largest absolute Gasteiger partial charge is 0.350 e. The van der Waals surface area contributed by atoms with Crippen LogP contribution in [0.5, 0.6) is 0 Å². The van der Waals surface area contributed by atoms with Crippen LogP contribution in [0, 0.1) is 0 Å². The van der Waals surface area contributed by atoms with Crippen LogP contribution < -0.4 is 5.32 Å². The van der Waals surface area contributed by atoms with Gasteiger partial charge in [0.15, 0.2) is 9.84 Å². The van der Waals surface area contributed by atoms with E-state index >= 15 is 0 Å². The van der Waals surface area contributed by atoms with E-state index in [4.69, 9.17) is 0 Å². The molecule has 1 heterocycles. The van der Waals surface area contributed by atoms with Crippen LogP contribution in [0.25, 0.3) is 0 Å². The molecule has 0 saturated carbocycles. The molecule has 94 valence electrons. The molecule has 5 heteroatoms. The van der Waals surface area contributed by atoms with Crippen molar-refractivity contribution in [1.82, 2.24) is 5.32 Å². The monoisotopic (exact) mass is 247 g/mol. The lowest BCUT2D eigenvalue weighted by Crippen LogP contribution is -2.46. The fourth-order valence-electron chi connectivity index (χ4n) is 2.04. The van der Waals surface area contributed by atoms with Crippen LogP contribution >= 0.6 is 0 Å². The highest BCUT2D eigenvalue weighted by atomic mass is 32.2. The van der Waals surface area contributed by atoms with Gasteiger partial charge in [0.25, 0.3) is 0 Å². The van der Waals surface area contributed by atoms with Gasteiger partial charge in [-0.25, -0.2) is 8.42 Å². The first kappa shape index (κ1) is 13.5. The summed E-state index contributed by atoms with van der Waals surface area (Å²) in [6.45, 7) is 3.90. The average molecular weight is 247 g/mol. The van der Waals surface area contributed by atoms with Crippen molar-refractivity contribution in [1.29, 1.82) is 0 Å². The first-order chi connectivity index (χ1) is 7.37. The summed E-state index contributed by atoms with van der Waals surface area (Å²) in [5.74, 6) is 0.256. The van der Waals surface area contributed by atoms with Crippen molar-refractivity contribution in [2.75, 3.05) is 11.5 Å². The Morgan fingerprint density at radius 2 is 2.06 bits per heavy atom. The summed E-state index contributed by atoms with van der Waals surface area (Å²) in [4.78, 5) is 11.6. The third-order valence-corrected chi connectivity index (χ3v) is 4.86. The Morgan fingerprint density at radius 3 is 2.56 bits per heavy atom. The van der Waals surface area contributed by atoms with Crippen LogP contribution in [0.2, 0.25) is 0 Å². The van der Waals surface area contributed by atoms with Crippen LogP contribution in [0.15, 0.2) is 0 Å². The van der Waals surface area contributed by atoms with Gasteiger partial charge < -0.3 is 5.32 Å². The normalized spacial score (nSPS) is 27.9. The maximum Gasteiger partial charge on any atom is 0.220 e.